The van der Waals surface area contributed by atoms with Crippen LogP contribution in [0.25, 0.3) is 0 Å². The van der Waals surface area contributed by atoms with E-state index in [0.717, 1.165) is 38.5 Å². The Morgan fingerprint density at radius 1 is 0.619 bits per heavy atom. The van der Waals surface area contributed by atoms with Gasteiger partial charge in [-0.1, -0.05) is 12.2 Å². The van der Waals surface area contributed by atoms with E-state index < -0.39 is 0 Å². The van der Waals surface area contributed by atoms with Gasteiger partial charge in [-0.25, -0.2) is 9.78 Å². The molecule has 8 nitrogen and oxygen atoms in total. The number of ether oxygens (including phenoxy) is 4. The maximum Gasteiger partial charge on any atom is 0.306 e. The van der Waals surface area contributed by atoms with E-state index in [1.54, 1.807) is 12.2 Å². The molecule has 9 aliphatic rings. The first-order valence-corrected chi connectivity index (χ1v) is 16.5. The average Bonchev–Trinajstić information content (AvgIpc) is 2.94. The quantitative estimate of drug-likeness (QED) is 0.112. The third-order valence-corrected chi connectivity index (χ3v) is 12.2. The lowest BCUT2D eigenvalue weighted by Gasteiger charge is -2.78. The largest absolute Gasteiger partial charge is 0.463 e. The van der Waals surface area contributed by atoms with E-state index in [2.05, 4.69) is 13.2 Å². The van der Waals surface area contributed by atoms with Crippen LogP contribution in [0.2, 0.25) is 0 Å². The minimum absolute atomic E-state index is 0.130. The molecule has 232 valence electrons. The third-order valence-electron chi connectivity index (χ3n) is 12.2. The number of carbonyl (C=O) groups is 2. The van der Waals surface area contributed by atoms with Gasteiger partial charge >= 0.3 is 11.9 Å². The molecule has 4 unspecified atom stereocenters. The van der Waals surface area contributed by atoms with Gasteiger partial charge in [-0.15, -0.1) is 13.2 Å². The van der Waals surface area contributed by atoms with Crippen molar-refractivity contribution in [2.24, 2.45) is 35.5 Å². The molecule has 1 aliphatic heterocycles. The highest BCUT2D eigenvalue weighted by molar-refractivity contribution is 5.69. The predicted molar refractivity (Wildman–Crippen MR) is 153 cm³/mol. The Morgan fingerprint density at radius 2 is 1.00 bits per heavy atom. The molecule has 0 N–H and O–H groups in total. The van der Waals surface area contributed by atoms with Crippen molar-refractivity contribution in [3.05, 3.63) is 25.3 Å². The van der Waals surface area contributed by atoms with Crippen LogP contribution in [0.4, 0.5) is 0 Å². The standard InChI is InChI=1S/C34H48O8/c1-3-5-7-29(35)37-9-11-39-31-17-23-13-25(19-31)33(26(14-23)20-31)34(42-41-33)27-15-24-16-28(34)22-32(18-24,21-27)40-12-10-38-30(36)8-6-4-2/h3-4,23-28H,1-2,5-22H2. The number of hydrogen-bond acceptors (Lipinski definition) is 8. The van der Waals surface area contributed by atoms with Crippen LogP contribution >= 0.6 is 0 Å². The van der Waals surface area contributed by atoms with Crippen molar-refractivity contribution < 1.29 is 38.3 Å². The average molecular weight is 585 g/mol. The van der Waals surface area contributed by atoms with Crippen LogP contribution in [0, 0.1) is 35.5 Å². The van der Waals surface area contributed by atoms with Crippen LogP contribution in [0.5, 0.6) is 0 Å². The minimum atomic E-state index is -0.210. The van der Waals surface area contributed by atoms with E-state index in [0.29, 0.717) is 87.6 Å². The summed E-state index contributed by atoms with van der Waals surface area (Å²) >= 11 is 0. The molecule has 4 atom stereocenters. The minimum Gasteiger partial charge on any atom is -0.463 e. The summed E-state index contributed by atoms with van der Waals surface area (Å²) in [5, 5.41) is 0. The van der Waals surface area contributed by atoms with Gasteiger partial charge in [0.25, 0.3) is 0 Å². The zero-order valence-electron chi connectivity index (χ0n) is 25.0. The van der Waals surface area contributed by atoms with Gasteiger partial charge in [-0.2, -0.15) is 0 Å². The summed E-state index contributed by atoms with van der Waals surface area (Å²) in [5.74, 6) is 2.75. The zero-order chi connectivity index (χ0) is 29.0. The summed E-state index contributed by atoms with van der Waals surface area (Å²) in [6.45, 7) is 8.88. The van der Waals surface area contributed by atoms with Gasteiger partial charge in [0.05, 0.1) is 24.4 Å². The second-order valence-electron chi connectivity index (χ2n) is 14.6. The smallest absolute Gasteiger partial charge is 0.306 e. The number of carbonyl (C=O) groups excluding carboxylic acids is 2. The van der Waals surface area contributed by atoms with Gasteiger partial charge in [0, 0.05) is 12.8 Å². The molecule has 0 aromatic heterocycles. The summed E-state index contributed by atoms with van der Waals surface area (Å²) in [4.78, 5) is 36.8. The van der Waals surface area contributed by atoms with E-state index in [9.17, 15) is 9.59 Å². The first-order valence-electron chi connectivity index (χ1n) is 16.5. The monoisotopic (exact) mass is 584 g/mol. The highest BCUT2D eigenvalue weighted by atomic mass is 17.3. The SMILES string of the molecule is C=CCCC(=O)OCCOC12CC3CC(C1)C1(OOC14C1CC5CC4CC(OCCOC(=O)CCC=C)(C5)C1)C(C3)C2. The number of hydrogen-bond donors (Lipinski definition) is 0. The topological polar surface area (TPSA) is 89.5 Å². The number of esters is 2. The van der Waals surface area contributed by atoms with Crippen LogP contribution in [-0.4, -0.2) is 60.8 Å². The summed E-state index contributed by atoms with van der Waals surface area (Å²) < 4.78 is 24.0. The molecule has 0 radical (unpaired) electrons. The van der Waals surface area contributed by atoms with E-state index in [1.807, 2.05) is 0 Å². The summed E-state index contributed by atoms with van der Waals surface area (Å²) in [5.41, 5.74) is -0.680. The van der Waals surface area contributed by atoms with Crippen molar-refractivity contribution in [1.82, 2.24) is 0 Å². The molecule has 8 heteroatoms. The molecule has 8 aliphatic carbocycles. The Balaban J connectivity index is 0.999. The van der Waals surface area contributed by atoms with Crippen molar-refractivity contribution in [3.8, 4) is 0 Å². The summed E-state index contributed by atoms with van der Waals surface area (Å²) in [6, 6.07) is 0. The molecule has 42 heavy (non-hydrogen) atoms. The first-order chi connectivity index (χ1) is 20.4. The Bertz CT molecular complexity index is 967. The molecule has 0 aromatic rings. The van der Waals surface area contributed by atoms with Crippen LogP contribution in [0.1, 0.15) is 89.9 Å². The molecule has 9 rings (SSSR count). The van der Waals surface area contributed by atoms with Crippen molar-refractivity contribution in [1.29, 1.82) is 0 Å². The molecule has 1 heterocycles. The van der Waals surface area contributed by atoms with E-state index in [-0.39, 0.29) is 34.3 Å². The predicted octanol–water partition coefficient (Wildman–Crippen LogP) is 5.64. The van der Waals surface area contributed by atoms with Gasteiger partial charge < -0.3 is 18.9 Å². The van der Waals surface area contributed by atoms with Gasteiger partial charge in [-0.3, -0.25) is 9.59 Å². The number of rotatable bonds is 14. The van der Waals surface area contributed by atoms with Gasteiger partial charge in [0.1, 0.15) is 24.4 Å². The van der Waals surface area contributed by atoms with Crippen LogP contribution in [-0.2, 0) is 38.3 Å². The van der Waals surface area contributed by atoms with E-state index in [4.69, 9.17) is 28.7 Å². The highest BCUT2D eigenvalue weighted by Crippen LogP contribution is 2.76. The fourth-order valence-electron chi connectivity index (χ4n) is 11.3. The number of allylic oxidation sites excluding steroid dienone is 2. The summed E-state index contributed by atoms with van der Waals surface area (Å²) in [7, 11) is 0. The highest BCUT2D eigenvalue weighted by Gasteiger charge is 2.83. The van der Waals surface area contributed by atoms with E-state index >= 15 is 0 Å². The molecular weight excluding hydrogens is 536 g/mol. The fraction of sp³-hybridized carbons (Fsp3) is 0.824. The second-order valence-corrected chi connectivity index (χ2v) is 14.6. The van der Waals surface area contributed by atoms with Crippen molar-refractivity contribution >= 4 is 11.9 Å². The molecule has 1 saturated heterocycles. The molecule has 0 aromatic carbocycles. The van der Waals surface area contributed by atoms with Gasteiger partial charge in [-0.05, 0) is 113 Å². The third kappa shape index (κ3) is 4.53. The molecule has 8 bridgehead atoms. The Morgan fingerprint density at radius 3 is 1.33 bits per heavy atom. The molecule has 9 fully saturated rings. The van der Waals surface area contributed by atoms with Crippen molar-refractivity contribution in [2.45, 2.75) is 112 Å². The van der Waals surface area contributed by atoms with E-state index in [1.165, 1.54) is 25.7 Å². The molecule has 0 amide bonds. The molecule has 8 saturated carbocycles. The van der Waals surface area contributed by atoms with Crippen LogP contribution in [0.3, 0.4) is 0 Å². The lowest BCUT2D eigenvalue weighted by Crippen LogP contribution is -2.86. The lowest BCUT2D eigenvalue weighted by atomic mass is 9.36. The maximum absolute atomic E-state index is 11.9. The zero-order valence-corrected chi connectivity index (χ0v) is 25.0. The van der Waals surface area contributed by atoms with Gasteiger partial charge in [0.2, 0.25) is 0 Å². The maximum atomic E-state index is 11.9. The molecular formula is C34H48O8. The normalized spacial score (nSPS) is 45.2. The molecule has 2 spiro atoms. The lowest BCUT2D eigenvalue weighted by molar-refractivity contribution is -0.618. The van der Waals surface area contributed by atoms with Crippen LogP contribution < -0.4 is 0 Å². The Kier molecular flexibility index (Phi) is 7.60. The first kappa shape index (κ1) is 29.0. The Hall–Kier alpha value is -1.74. The second kappa shape index (κ2) is 11.0. The van der Waals surface area contributed by atoms with Gasteiger partial charge in [0.15, 0.2) is 0 Å². The van der Waals surface area contributed by atoms with Crippen molar-refractivity contribution in [3.63, 3.8) is 0 Å². The summed E-state index contributed by atoms with van der Waals surface area (Å²) in [6.07, 6.45) is 16.6. The fourth-order valence-corrected chi connectivity index (χ4v) is 11.3. The van der Waals surface area contributed by atoms with Crippen molar-refractivity contribution in [2.75, 3.05) is 26.4 Å². The Labute approximate surface area is 249 Å². The van der Waals surface area contributed by atoms with Crippen LogP contribution in [0.15, 0.2) is 25.3 Å².